The van der Waals surface area contributed by atoms with Gasteiger partial charge in [0.2, 0.25) is 5.75 Å². The number of rotatable bonds is 2. The monoisotopic (exact) mass is 284 g/mol. The lowest BCUT2D eigenvalue weighted by molar-refractivity contribution is 0.437. The molecule has 0 bridgehead atoms. The maximum atomic E-state index is 11.3. The number of fused-ring (bicyclic) bond motifs is 3. The van der Waals surface area contributed by atoms with Gasteiger partial charge in [-0.25, -0.2) is 11.7 Å². The lowest BCUT2D eigenvalue weighted by atomic mass is 10.1. The second kappa shape index (κ2) is 3.81. The van der Waals surface area contributed by atoms with E-state index in [1.807, 2.05) is 0 Å². The summed E-state index contributed by atoms with van der Waals surface area (Å²) in [5, 5.41) is 8.32. The molecule has 0 unspecified atom stereocenters. The number of hydrogen-bond acceptors (Lipinski definition) is 10. The van der Waals surface area contributed by atoms with Crippen molar-refractivity contribution >= 4 is 32.8 Å². The van der Waals surface area contributed by atoms with Crippen LogP contribution in [0.1, 0.15) is 0 Å². The van der Waals surface area contributed by atoms with Crippen LogP contribution in [0.4, 0.5) is 11.6 Å². The maximum absolute atomic E-state index is 11.3. The van der Waals surface area contributed by atoms with Crippen LogP contribution in [0, 0.1) is 0 Å². The summed E-state index contributed by atoms with van der Waals surface area (Å²) in [7, 11) is -4.11. The molecule has 0 fully saturated rings. The summed E-state index contributed by atoms with van der Waals surface area (Å²) in [6, 6.07) is 2.98. The first-order valence-electron chi connectivity index (χ1n) is 4.96. The van der Waals surface area contributed by atoms with E-state index in [-0.39, 0.29) is 23.1 Å². The van der Waals surface area contributed by atoms with Gasteiger partial charge in [-0.05, 0) is 12.1 Å². The molecule has 1 aromatic heterocycles. The van der Waals surface area contributed by atoms with Crippen molar-refractivity contribution in [1.29, 1.82) is 0 Å². The lowest BCUT2D eigenvalue weighted by Gasteiger charge is -2.08. The summed E-state index contributed by atoms with van der Waals surface area (Å²) in [6.07, 6.45) is 0. The molecule has 0 aliphatic carbocycles. The fraction of sp³-hybridized carbons (Fsp3) is 0. The zero-order chi connectivity index (χ0) is 13.6. The molecule has 0 saturated carbocycles. The van der Waals surface area contributed by atoms with Crippen LogP contribution in [-0.2, 0) is 10.4 Å². The number of nitrogens with two attached hydrogens (primary N) is 2. The number of nitrogens with zero attached hydrogens (tertiary/aromatic N) is 2. The van der Waals surface area contributed by atoms with Crippen LogP contribution >= 0.6 is 0 Å². The van der Waals surface area contributed by atoms with Crippen LogP contribution in [0.3, 0.4) is 0 Å². The van der Waals surface area contributed by atoms with E-state index in [4.69, 9.17) is 15.9 Å². The average molecular weight is 284 g/mol. The van der Waals surface area contributed by atoms with Gasteiger partial charge in [-0.1, -0.05) is 0 Å². The van der Waals surface area contributed by atoms with E-state index in [2.05, 4.69) is 25.2 Å². The predicted molar refractivity (Wildman–Crippen MR) is 65.3 cm³/mol. The number of nitrogens with one attached hydrogen (secondary N) is 2. The summed E-state index contributed by atoms with van der Waals surface area (Å²) in [6.45, 7) is 0. The normalized spacial score (nSPS) is 15.5. The van der Waals surface area contributed by atoms with Gasteiger partial charge in [0.1, 0.15) is 0 Å². The highest BCUT2D eigenvalue weighted by Gasteiger charge is 2.32. The topological polar surface area (TPSA) is 154 Å². The molecule has 2 heterocycles. The number of anilines is 2. The molecule has 0 saturated heterocycles. The van der Waals surface area contributed by atoms with Crippen molar-refractivity contribution in [3.8, 4) is 11.5 Å². The molecule has 6 N–H and O–H groups in total. The Morgan fingerprint density at radius 2 is 1.74 bits per heavy atom. The Morgan fingerprint density at radius 1 is 1.05 bits per heavy atom. The summed E-state index contributed by atoms with van der Waals surface area (Å²) in [5.41, 5.74) is 4.65. The first-order valence-corrected chi connectivity index (χ1v) is 6.29. The van der Waals surface area contributed by atoms with Gasteiger partial charge in [0.05, 0.1) is 5.39 Å². The molecule has 1 aliphatic rings. The number of hydrazine groups is 2. The smallest absolute Gasteiger partial charge is 0.349 e. The van der Waals surface area contributed by atoms with Gasteiger partial charge >= 0.3 is 10.4 Å². The Balaban J connectivity index is 2.41. The van der Waals surface area contributed by atoms with Crippen LogP contribution in [-0.4, -0.2) is 18.6 Å². The second-order valence-electron chi connectivity index (χ2n) is 3.58. The van der Waals surface area contributed by atoms with E-state index in [1.165, 1.54) is 6.07 Å². The molecule has 100 valence electrons. The quantitative estimate of drug-likeness (QED) is 0.407. The van der Waals surface area contributed by atoms with Gasteiger partial charge < -0.3 is 19.2 Å². The third-order valence-corrected chi connectivity index (χ3v) is 3.27. The summed E-state index contributed by atoms with van der Waals surface area (Å²) < 4.78 is 32.1. The average Bonchev–Trinajstić information content (AvgIpc) is 2.71. The highest BCUT2D eigenvalue weighted by Crippen LogP contribution is 2.45. The van der Waals surface area contributed by atoms with Crippen molar-refractivity contribution in [2.75, 3.05) is 10.9 Å². The van der Waals surface area contributed by atoms with E-state index >= 15 is 0 Å². The summed E-state index contributed by atoms with van der Waals surface area (Å²) in [4.78, 5) is 0. The van der Waals surface area contributed by atoms with Gasteiger partial charge in [0.15, 0.2) is 17.4 Å². The Morgan fingerprint density at radius 3 is 2.42 bits per heavy atom. The molecule has 3 rings (SSSR count). The molecule has 10 nitrogen and oxygen atoms in total. The van der Waals surface area contributed by atoms with Crippen molar-refractivity contribution in [3.05, 3.63) is 12.1 Å². The van der Waals surface area contributed by atoms with E-state index in [0.717, 1.165) is 0 Å². The third-order valence-electron chi connectivity index (χ3n) is 2.51. The van der Waals surface area contributed by atoms with Crippen molar-refractivity contribution in [1.82, 2.24) is 10.2 Å². The molecule has 0 spiro atoms. The highest BCUT2D eigenvalue weighted by molar-refractivity contribution is 7.82. The fourth-order valence-corrected chi connectivity index (χ4v) is 2.54. The minimum Gasteiger partial charge on any atom is -0.349 e. The van der Waals surface area contributed by atoms with Crippen LogP contribution in [0.25, 0.3) is 10.8 Å². The first kappa shape index (κ1) is 11.7. The highest BCUT2D eigenvalue weighted by atomic mass is 32.3. The molecule has 11 heteroatoms. The molecular formula is C8H8N6O4S. The zero-order valence-electron chi connectivity index (χ0n) is 9.25. The number of hydrogen-bond donors (Lipinski definition) is 4. The minimum absolute atomic E-state index is 0.0168. The van der Waals surface area contributed by atoms with Gasteiger partial charge in [0.25, 0.3) is 0 Å². The van der Waals surface area contributed by atoms with E-state index in [1.54, 1.807) is 6.07 Å². The predicted octanol–water partition coefficient (Wildman–Crippen LogP) is -0.783. The lowest BCUT2D eigenvalue weighted by Crippen LogP contribution is -2.14. The van der Waals surface area contributed by atoms with E-state index < -0.39 is 10.4 Å². The van der Waals surface area contributed by atoms with E-state index in [0.29, 0.717) is 10.8 Å². The number of nitrogen functional groups attached to an aromatic ring is 2. The minimum atomic E-state index is -4.11. The van der Waals surface area contributed by atoms with Crippen molar-refractivity contribution in [2.45, 2.75) is 0 Å². The Labute approximate surface area is 107 Å². The molecule has 0 atom stereocenters. The van der Waals surface area contributed by atoms with Crippen LogP contribution in [0.2, 0.25) is 0 Å². The van der Waals surface area contributed by atoms with Gasteiger partial charge in [-0.3, -0.25) is 0 Å². The van der Waals surface area contributed by atoms with Crippen molar-refractivity contribution < 1.29 is 16.8 Å². The Kier molecular flexibility index (Phi) is 2.35. The van der Waals surface area contributed by atoms with Crippen molar-refractivity contribution in [2.24, 2.45) is 11.7 Å². The summed E-state index contributed by atoms with van der Waals surface area (Å²) in [5.74, 6) is 11.0. The van der Waals surface area contributed by atoms with Crippen LogP contribution in [0.5, 0.6) is 11.5 Å². The van der Waals surface area contributed by atoms with Gasteiger partial charge in [-0.2, -0.15) is 0 Å². The van der Waals surface area contributed by atoms with Crippen molar-refractivity contribution in [3.63, 3.8) is 0 Å². The Bertz CT molecular complexity index is 776. The molecule has 19 heavy (non-hydrogen) atoms. The standard InChI is InChI=1S/C8H8N6O4S/c9-11-7-3-1-2-4-6(18-19(15,16)17-4)5(3)8(12-10)14-13-7/h1-2H,9-10H2,(H,11,13)(H,12,14). The Hall–Kier alpha value is -2.37. The van der Waals surface area contributed by atoms with Gasteiger partial charge in [-0.15, -0.1) is 18.6 Å². The molecule has 0 amide bonds. The molecule has 1 aliphatic heterocycles. The largest absolute Gasteiger partial charge is 0.501 e. The van der Waals surface area contributed by atoms with E-state index in [9.17, 15) is 8.42 Å². The fourth-order valence-electron chi connectivity index (χ4n) is 1.78. The first-order chi connectivity index (χ1) is 9.05. The molecule has 0 radical (unpaired) electrons. The molecular weight excluding hydrogens is 276 g/mol. The van der Waals surface area contributed by atoms with Crippen LogP contribution < -0.4 is 30.9 Å². The zero-order valence-corrected chi connectivity index (χ0v) is 10.1. The van der Waals surface area contributed by atoms with Crippen LogP contribution in [0.15, 0.2) is 12.1 Å². The molecule has 1 aromatic carbocycles. The summed E-state index contributed by atoms with van der Waals surface area (Å²) >= 11 is 0. The van der Waals surface area contributed by atoms with Gasteiger partial charge in [0, 0.05) is 5.39 Å². The number of aromatic nitrogens is 2. The molecule has 2 aromatic rings. The number of benzene rings is 1. The third kappa shape index (κ3) is 1.68. The second-order valence-corrected chi connectivity index (χ2v) is 4.73. The maximum Gasteiger partial charge on any atom is 0.501 e. The SMILES string of the molecule is NNc1nnc(NN)c2c3c(ccc12)OS(=O)(=O)O3.